The molecule has 3 aromatic rings. The van der Waals surface area contributed by atoms with Gasteiger partial charge in [-0.15, -0.1) is 0 Å². The summed E-state index contributed by atoms with van der Waals surface area (Å²) in [5.41, 5.74) is 0.995. The zero-order valence-electron chi connectivity index (χ0n) is 15.5. The number of hydrogen-bond acceptors (Lipinski definition) is 5. The van der Waals surface area contributed by atoms with Crippen molar-refractivity contribution in [2.24, 2.45) is 0 Å². The van der Waals surface area contributed by atoms with Gasteiger partial charge >= 0.3 is 5.97 Å². The van der Waals surface area contributed by atoms with Crippen molar-refractivity contribution in [1.82, 2.24) is 9.29 Å². The van der Waals surface area contributed by atoms with Crippen LogP contribution in [0.3, 0.4) is 0 Å². The minimum absolute atomic E-state index is 0.100. The van der Waals surface area contributed by atoms with Gasteiger partial charge in [0, 0.05) is 24.4 Å². The van der Waals surface area contributed by atoms with Crippen molar-refractivity contribution in [2.75, 3.05) is 13.7 Å². The second-order valence-electron chi connectivity index (χ2n) is 6.20. The number of nitrogens with zero attached hydrogens (tertiary/aromatic N) is 1. The third kappa shape index (κ3) is 4.47. The zero-order chi connectivity index (χ0) is 21.0. The normalized spacial score (nSPS) is 11.4. The number of benzene rings is 2. The maximum atomic E-state index is 14.4. The molecule has 0 amide bonds. The molecule has 2 N–H and O–H groups in total. The van der Waals surface area contributed by atoms with E-state index in [4.69, 9.17) is 9.84 Å². The van der Waals surface area contributed by atoms with Crippen molar-refractivity contribution in [3.05, 3.63) is 72.2 Å². The fourth-order valence-electron chi connectivity index (χ4n) is 2.84. The van der Waals surface area contributed by atoms with Crippen molar-refractivity contribution in [1.29, 1.82) is 0 Å². The van der Waals surface area contributed by atoms with E-state index < -0.39 is 28.4 Å². The fourth-order valence-corrected chi connectivity index (χ4v) is 4.27. The van der Waals surface area contributed by atoms with E-state index in [1.807, 2.05) is 0 Å². The molecule has 0 bridgehead atoms. The fraction of sp³-hybridized carbons (Fsp3) is 0.150. The summed E-state index contributed by atoms with van der Waals surface area (Å²) in [7, 11) is -2.38. The molecule has 152 valence electrons. The summed E-state index contributed by atoms with van der Waals surface area (Å²) in [5, 5.41) is 11.7. The largest absolute Gasteiger partial charge is 0.482 e. The predicted octanol–water partition coefficient (Wildman–Crippen LogP) is 2.71. The lowest BCUT2D eigenvalue weighted by Crippen LogP contribution is -2.14. The lowest BCUT2D eigenvalue weighted by Gasteiger charge is -2.12. The van der Waals surface area contributed by atoms with Crippen molar-refractivity contribution < 1.29 is 27.4 Å². The van der Waals surface area contributed by atoms with Gasteiger partial charge in [0.15, 0.2) is 6.61 Å². The van der Waals surface area contributed by atoms with E-state index in [0.717, 1.165) is 3.97 Å². The number of carboxylic acid groups (broad SMARTS) is 1. The van der Waals surface area contributed by atoms with Crippen LogP contribution in [0.1, 0.15) is 5.56 Å². The molecule has 0 unspecified atom stereocenters. The van der Waals surface area contributed by atoms with Crippen molar-refractivity contribution in [2.45, 2.75) is 11.4 Å². The molecule has 0 radical (unpaired) electrons. The zero-order valence-corrected chi connectivity index (χ0v) is 16.3. The van der Waals surface area contributed by atoms with Gasteiger partial charge < -0.3 is 15.2 Å². The second-order valence-corrected chi connectivity index (χ2v) is 8.02. The van der Waals surface area contributed by atoms with Crippen LogP contribution < -0.4 is 10.1 Å². The summed E-state index contributed by atoms with van der Waals surface area (Å²) in [4.78, 5) is 10.6. The van der Waals surface area contributed by atoms with Gasteiger partial charge in [-0.25, -0.2) is 21.6 Å². The molecule has 0 aliphatic heterocycles. The highest BCUT2D eigenvalue weighted by Crippen LogP contribution is 2.30. The first-order valence-electron chi connectivity index (χ1n) is 8.64. The molecule has 0 saturated carbocycles. The number of aromatic nitrogens is 1. The maximum absolute atomic E-state index is 14.4. The summed E-state index contributed by atoms with van der Waals surface area (Å²) in [5.74, 6) is -1.62. The molecule has 0 atom stereocenters. The SMILES string of the molecule is CNCc1cc(-c2ccccc2F)n(S(=O)(=O)c2cccc(OCC(=O)O)c2)c1. The third-order valence-electron chi connectivity index (χ3n) is 4.10. The van der Waals surface area contributed by atoms with Crippen LogP contribution >= 0.6 is 0 Å². The molecule has 0 fully saturated rings. The minimum atomic E-state index is -4.10. The van der Waals surface area contributed by atoms with Crippen LogP contribution in [0.4, 0.5) is 4.39 Å². The summed E-state index contributed by atoms with van der Waals surface area (Å²) < 4.78 is 47.1. The van der Waals surface area contributed by atoms with Gasteiger partial charge in [-0.3, -0.25) is 0 Å². The highest BCUT2D eigenvalue weighted by atomic mass is 32.2. The van der Waals surface area contributed by atoms with Crippen LogP contribution in [0, 0.1) is 5.82 Å². The van der Waals surface area contributed by atoms with Gasteiger partial charge in [0.2, 0.25) is 0 Å². The average Bonchev–Trinajstić information content (AvgIpc) is 3.12. The number of ether oxygens (including phenoxy) is 1. The Bertz CT molecular complexity index is 1140. The molecule has 0 spiro atoms. The van der Waals surface area contributed by atoms with Crippen LogP contribution in [0.2, 0.25) is 0 Å². The van der Waals surface area contributed by atoms with Crippen LogP contribution in [0.15, 0.2) is 65.7 Å². The van der Waals surface area contributed by atoms with E-state index in [0.29, 0.717) is 12.1 Å². The van der Waals surface area contributed by atoms with Gasteiger partial charge in [0.05, 0.1) is 10.6 Å². The Labute approximate surface area is 167 Å². The smallest absolute Gasteiger partial charge is 0.341 e. The Morgan fingerprint density at radius 2 is 1.93 bits per heavy atom. The van der Waals surface area contributed by atoms with Gasteiger partial charge in [0.25, 0.3) is 10.0 Å². The monoisotopic (exact) mass is 418 g/mol. The topological polar surface area (TPSA) is 97.6 Å². The van der Waals surface area contributed by atoms with E-state index in [1.165, 1.54) is 48.7 Å². The number of carbonyl (C=O) groups is 1. The molecule has 1 aromatic heterocycles. The first kappa shape index (κ1) is 20.6. The van der Waals surface area contributed by atoms with Crippen LogP contribution in [0.25, 0.3) is 11.3 Å². The second kappa shape index (κ2) is 8.46. The van der Waals surface area contributed by atoms with E-state index in [-0.39, 0.29) is 21.9 Å². The predicted molar refractivity (Wildman–Crippen MR) is 105 cm³/mol. The van der Waals surface area contributed by atoms with E-state index >= 15 is 0 Å². The average molecular weight is 418 g/mol. The van der Waals surface area contributed by atoms with Gasteiger partial charge in [-0.2, -0.15) is 0 Å². The molecular weight excluding hydrogens is 399 g/mol. The first-order valence-corrected chi connectivity index (χ1v) is 10.1. The molecule has 2 aromatic carbocycles. The summed E-state index contributed by atoms with van der Waals surface area (Å²) in [6.45, 7) is -0.203. The molecule has 9 heteroatoms. The molecule has 1 heterocycles. The molecule has 7 nitrogen and oxygen atoms in total. The van der Waals surface area contributed by atoms with Gasteiger partial charge in [0.1, 0.15) is 11.6 Å². The summed E-state index contributed by atoms with van der Waals surface area (Å²) in [6, 6.07) is 13.0. The minimum Gasteiger partial charge on any atom is -0.482 e. The third-order valence-corrected chi connectivity index (χ3v) is 5.77. The number of halogens is 1. The highest BCUT2D eigenvalue weighted by molar-refractivity contribution is 7.90. The van der Waals surface area contributed by atoms with Gasteiger partial charge in [-0.05, 0) is 42.9 Å². The van der Waals surface area contributed by atoms with Crippen LogP contribution in [-0.2, 0) is 21.4 Å². The van der Waals surface area contributed by atoms with Gasteiger partial charge in [-0.1, -0.05) is 18.2 Å². The first-order chi connectivity index (χ1) is 13.8. The number of aliphatic carboxylic acids is 1. The lowest BCUT2D eigenvalue weighted by atomic mass is 10.1. The van der Waals surface area contributed by atoms with Crippen molar-refractivity contribution in [3.63, 3.8) is 0 Å². The van der Waals surface area contributed by atoms with Crippen molar-refractivity contribution >= 4 is 16.0 Å². The Kier molecular flexibility index (Phi) is 6.00. The highest BCUT2D eigenvalue weighted by Gasteiger charge is 2.23. The van der Waals surface area contributed by atoms with Crippen LogP contribution in [0.5, 0.6) is 5.75 Å². The lowest BCUT2D eigenvalue weighted by molar-refractivity contribution is -0.139. The number of nitrogens with one attached hydrogen (secondary N) is 1. The quantitative estimate of drug-likeness (QED) is 0.584. The molecule has 0 aliphatic rings. The number of rotatable bonds is 8. The standard InChI is InChI=1S/C20H19FN2O5S/c1-22-11-14-9-19(17-7-2-3-8-18(17)21)23(12-14)29(26,27)16-6-4-5-15(10-16)28-13-20(24)25/h2-10,12,22H,11,13H2,1H3,(H,24,25). The number of carboxylic acids is 1. The summed E-state index contributed by atoms with van der Waals surface area (Å²) in [6.07, 6.45) is 1.43. The van der Waals surface area contributed by atoms with Crippen LogP contribution in [-0.4, -0.2) is 37.1 Å². The van der Waals surface area contributed by atoms with Crippen molar-refractivity contribution in [3.8, 4) is 17.0 Å². The Balaban J connectivity index is 2.10. The Morgan fingerprint density at radius 3 is 2.62 bits per heavy atom. The molecule has 0 aliphatic carbocycles. The van der Waals surface area contributed by atoms with E-state index in [9.17, 15) is 17.6 Å². The molecule has 29 heavy (non-hydrogen) atoms. The van der Waals surface area contributed by atoms with E-state index in [2.05, 4.69) is 5.32 Å². The Hall–Kier alpha value is -3.17. The molecule has 0 saturated heterocycles. The maximum Gasteiger partial charge on any atom is 0.341 e. The Morgan fingerprint density at radius 1 is 1.17 bits per heavy atom. The number of hydrogen-bond donors (Lipinski definition) is 2. The molecular formula is C20H19FN2O5S. The summed E-state index contributed by atoms with van der Waals surface area (Å²) >= 11 is 0. The molecule has 3 rings (SSSR count). The van der Waals surface area contributed by atoms with E-state index in [1.54, 1.807) is 19.2 Å².